The third-order valence-corrected chi connectivity index (χ3v) is 4.39. The Hall–Kier alpha value is -0.580. The van der Waals surface area contributed by atoms with E-state index in [2.05, 4.69) is 29.7 Å². The highest BCUT2D eigenvalue weighted by atomic mass is 35.5. The van der Waals surface area contributed by atoms with Crippen molar-refractivity contribution in [3.05, 3.63) is 21.9 Å². The minimum atomic E-state index is 0. The molecule has 0 radical (unpaired) electrons. The summed E-state index contributed by atoms with van der Waals surface area (Å²) in [6, 6.07) is 4.81. The summed E-state index contributed by atoms with van der Waals surface area (Å²) in [5, 5.41) is 6.40. The second-order valence-electron chi connectivity index (χ2n) is 4.96. The second-order valence-corrected chi connectivity index (χ2v) is 6.34. The molecule has 1 fully saturated rings. The fourth-order valence-electron chi connectivity index (χ4n) is 2.30. The number of thiophene rings is 1. The van der Waals surface area contributed by atoms with Crippen LogP contribution >= 0.6 is 23.7 Å². The summed E-state index contributed by atoms with van der Waals surface area (Å²) in [7, 11) is 0. The standard InChI is InChI=1S/C14H22N2OS.ClH/c1-11-7-8-13(18-11)5-2-6-14(17)16-10-12-4-3-9-15-12;/h7-8,12,15H,2-6,9-10H2,1H3,(H,16,17);1H. The number of halogens is 1. The molecule has 1 aromatic heterocycles. The predicted molar refractivity (Wildman–Crippen MR) is 83.3 cm³/mol. The van der Waals surface area contributed by atoms with Crippen LogP contribution < -0.4 is 10.6 Å². The predicted octanol–water partition coefficient (Wildman–Crippen LogP) is 2.67. The molecule has 0 bridgehead atoms. The van der Waals surface area contributed by atoms with E-state index in [4.69, 9.17) is 0 Å². The quantitative estimate of drug-likeness (QED) is 0.848. The largest absolute Gasteiger partial charge is 0.355 e. The van der Waals surface area contributed by atoms with Gasteiger partial charge in [-0.2, -0.15) is 0 Å². The maximum Gasteiger partial charge on any atom is 0.220 e. The van der Waals surface area contributed by atoms with Crippen LogP contribution in [0.15, 0.2) is 12.1 Å². The molecule has 1 amide bonds. The molecular formula is C14H23ClN2OS. The summed E-state index contributed by atoms with van der Waals surface area (Å²) in [5.41, 5.74) is 0. The van der Waals surface area contributed by atoms with Crippen molar-refractivity contribution < 1.29 is 4.79 Å². The molecule has 2 N–H and O–H groups in total. The summed E-state index contributed by atoms with van der Waals surface area (Å²) in [6.45, 7) is 4.00. The first-order valence-corrected chi connectivity index (χ1v) is 7.61. The van der Waals surface area contributed by atoms with Gasteiger partial charge in [-0.05, 0) is 51.3 Å². The molecule has 1 aliphatic rings. The Morgan fingerprint density at radius 1 is 1.53 bits per heavy atom. The smallest absolute Gasteiger partial charge is 0.220 e. The lowest BCUT2D eigenvalue weighted by Crippen LogP contribution is -2.37. The van der Waals surface area contributed by atoms with Gasteiger partial charge in [0.15, 0.2) is 0 Å². The van der Waals surface area contributed by atoms with Gasteiger partial charge in [-0.3, -0.25) is 4.79 Å². The number of hydrogen-bond acceptors (Lipinski definition) is 3. The van der Waals surface area contributed by atoms with Crippen LogP contribution in [0.25, 0.3) is 0 Å². The molecule has 2 heterocycles. The van der Waals surface area contributed by atoms with Gasteiger partial charge in [-0.15, -0.1) is 23.7 Å². The van der Waals surface area contributed by atoms with E-state index in [1.165, 1.54) is 22.6 Å². The number of rotatable bonds is 6. The molecule has 1 aliphatic heterocycles. The van der Waals surface area contributed by atoms with Gasteiger partial charge >= 0.3 is 0 Å². The topological polar surface area (TPSA) is 41.1 Å². The fraction of sp³-hybridized carbons (Fsp3) is 0.643. The van der Waals surface area contributed by atoms with Crippen LogP contribution in [0.3, 0.4) is 0 Å². The van der Waals surface area contributed by atoms with E-state index in [0.717, 1.165) is 25.9 Å². The van der Waals surface area contributed by atoms with Crippen LogP contribution in [0.1, 0.15) is 35.4 Å². The maximum atomic E-state index is 11.7. The Labute approximate surface area is 125 Å². The first-order chi connectivity index (χ1) is 8.74. The first kappa shape index (κ1) is 16.5. The monoisotopic (exact) mass is 302 g/mol. The Morgan fingerprint density at radius 3 is 3.00 bits per heavy atom. The van der Waals surface area contributed by atoms with E-state index in [0.29, 0.717) is 12.5 Å². The molecule has 1 atom stereocenters. The second kappa shape index (κ2) is 8.56. The summed E-state index contributed by atoms with van der Waals surface area (Å²) in [5.74, 6) is 0.192. The lowest BCUT2D eigenvalue weighted by atomic mass is 10.2. The minimum Gasteiger partial charge on any atom is -0.355 e. The molecule has 108 valence electrons. The van der Waals surface area contributed by atoms with Gasteiger partial charge in [0.1, 0.15) is 0 Å². The highest BCUT2D eigenvalue weighted by molar-refractivity contribution is 7.11. The molecule has 5 heteroatoms. The lowest BCUT2D eigenvalue weighted by Gasteiger charge is -2.11. The van der Waals surface area contributed by atoms with Gasteiger partial charge in [0.2, 0.25) is 5.91 Å². The van der Waals surface area contributed by atoms with E-state index in [9.17, 15) is 4.79 Å². The maximum absolute atomic E-state index is 11.7. The molecule has 3 nitrogen and oxygen atoms in total. The molecule has 1 aromatic rings. The molecular weight excluding hydrogens is 280 g/mol. The Balaban J connectivity index is 0.00000180. The minimum absolute atomic E-state index is 0. The van der Waals surface area contributed by atoms with Gasteiger partial charge < -0.3 is 10.6 Å². The van der Waals surface area contributed by atoms with Crippen molar-refractivity contribution in [2.75, 3.05) is 13.1 Å². The zero-order valence-corrected chi connectivity index (χ0v) is 13.0. The van der Waals surface area contributed by atoms with E-state index < -0.39 is 0 Å². The summed E-state index contributed by atoms with van der Waals surface area (Å²) in [6.07, 6.45) is 5.04. The lowest BCUT2D eigenvalue weighted by molar-refractivity contribution is -0.121. The highest BCUT2D eigenvalue weighted by Crippen LogP contribution is 2.17. The number of hydrogen-bond donors (Lipinski definition) is 2. The average Bonchev–Trinajstić information content (AvgIpc) is 2.98. The third kappa shape index (κ3) is 5.93. The number of carbonyl (C=O) groups is 1. The van der Waals surface area contributed by atoms with Crippen LogP contribution in [-0.2, 0) is 11.2 Å². The molecule has 1 unspecified atom stereocenters. The normalized spacial score (nSPS) is 18.1. The van der Waals surface area contributed by atoms with Gasteiger partial charge in [-0.1, -0.05) is 0 Å². The molecule has 2 rings (SSSR count). The van der Waals surface area contributed by atoms with Crippen LogP contribution in [0, 0.1) is 6.92 Å². The van der Waals surface area contributed by atoms with Crippen molar-refractivity contribution in [2.24, 2.45) is 0 Å². The van der Waals surface area contributed by atoms with Crippen molar-refractivity contribution in [1.82, 2.24) is 10.6 Å². The number of aryl methyl sites for hydroxylation is 2. The summed E-state index contributed by atoms with van der Waals surface area (Å²) >= 11 is 1.83. The van der Waals surface area contributed by atoms with E-state index >= 15 is 0 Å². The van der Waals surface area contributed by atoms with Crippen LogP contribution in [0.2, 0.25) is 0 Å². The molecule has 0 spiro atoms. The molecule has 0 aliphatic carbocycles. The number of amides is 1. The summed E-state index contributed by atoms with van der Waals surface area (Å²) in [4.78, 5) is 14.4. The van der Waals surface area contributed by atoms with E-state index in [-0.39, 0.29) is 18.3 Å². The average molecular weight is 303 g/mol. The van der Waals surface area contributed by atoms with Crippen molar-refractivity contribution in [1.29, 1.82) is 0 Å². The van der Waals surface area contributed by atoms with Crippen molar-refractivity contribution in [3.63, 3.8) is 0 Å². The van der Waals surface area contributed by atoms with Crippen LogP contribution in [0.5, 0.6) is 0 Å². The molecule has 0 saturated carbocycles. The van der Waals surface area contributed by atoms with Gasteiger partial charge in [0.05, 0.1) is 0 Å². The van der Waals surface area contributed by atoms with Crippen LogP contribution in [0.4, 0.5) is 0 Å². The Morgan fingerprint density at radius 2 is 2.37 bits per heavy atom. The summed E-state index contributed by atoms with van der Waals surface area (Å²) < 4.78 is 0. The zero-order valence-electron chi connectivity index (χ0n) is 11.4. The van der Waals surface area contributed by atoms with Gasteiger partial charge in [0, 0.05) is 28.8 Å². The highest BCUT2D eigenvalue weighted by Gasteiger charge is 2.14. The SMILES string of the molecule is Cc1ccc(CCCC(=O)NCC2CCCN2)s1.Cl. The Bertz CT molecular complexity index is 389. The molecule has 1 saturated heterocycles. The number of nitrogens with one attached hydrogen (secondary N) is 2. The van der Waals surface area contributed by atoms with Crippen LogP contribution in [-0.4, -0.2) is 25.0 Å². The molecule has 19 heavy (non-hydrogen) atoms. The molecule has 0 aromatic carbocycles. The van der Waals surface area contributed by atoms with Gasteiger partial charge in [-0.25, -0.2) is 0 Å². The van der Waals surface area contributed by atoms with Crippen molar-refractivity contribution in [3.8, 4) is 0 Å². The van der Waals surface area contributed by atoms with Crippen molar-refractivity contribution in [2.45, 2.75) is 45.1 Å². The van der Waals surface area contributed by atoms with E-state index in [1.54, 1.807) is 0 Å². The fourth-order valence-corrected chi connectivity index (χ4v) is 3.23. The third-order valence-electron chi connectivity index (χ3n) is 3.33. The van der Waals surface area contributed by atoms with Gasteiger partial charge in [0.25, 0.3) is 0 Å². The zero-order chi connectivity index (χ0) is 12.8. The van der Waals surface area contributed by atoms with E-state index in [1.807, 2.05) is 11.3 Å². The Kier molecular flexibility index (Phi) is 7.42. The number of carbonyl (C=O) groups excluding carboxylic acids is 1. The first-order valence-electron chi connectivity index (χ1n) is 6.79. The van der Waals surface area contributed by atoms with Crippen molar-refractivity contribution >= 4 is 29.7 Å².